The molecule has 0 aromatic heterocycles. The highest BCUT2D eigenvalue weighted by atomic mass is 16.5. The van der Waals surface area contributed by atoms with Crippen LogP contribution in [0, 0.1) is 0 Å². The normalized spacial score (nSPS) is 23.4. The fraction of sp³-hybridized carbons (Fsp3) is 0.500. The number of benzene rings is 1. The standard InChI is InChI=1S/C14H18N4O3/c1-15-18-16-10-14(20)7-12(8-14)17-13(19)21-9-11-5-3-2-4-6-11/h2-6,12,20H,7-10H2,1H3/p+1. The molecule has 1 aromatic rings. The largest absolute Gasteiger partial charge is 0.445 e. The molecule has 0 saturated heterocycles. The first-order valence-corrected chi connectivity index (χ1v) is 6.76. The quantitative estimate of drug-likeness (QED) is 0.634. The van der Waals surface area contributed by atoms with Crippen LogP contribution in [-0.2, 0) is 11.3 Å². The van der Waals surface area contributed by atoms with Gasteiger partial charge in [-0.25, -0.2) is 4.79 Å². The second-order valence-electron chi connectivity index (χ2n) is 5.12. The molecule has 2 rings (SSSR count). The maximum atomic E-state index is 11.6. The van der Waals surface area contributed by atoms with Crippen LogP contribution in [0.3, 0.4) is 0 Å². The second kappa shape index (κ2) is 6.97. The number of ether oxygens (including phenoxy) is 1. The Bertz CT molecular complexity index is 534. The van der Waals surface area contributed by atoms with E-state index in [4.69, 9.17) is 4.74 Å². The van der Waals surface area contributed by atoms with E-state index in [1.807, 2.05) is 30.3 Å². The highest BCUT2D eigenvalue weighted by molar-refractivity contribution is 5.67. The van der Waals surface area contributed by atoms with Gasteiger partial charge in [0, 0.05) is 6.04 Å². The minimum Gasteiger partial charge on any atom is -0.445 e. The maximum absolute atomic E-state index is 11.6. The van der Waals surface area contributed by atoms with Gasteiger partial charge in [0.2, 0.25) is 4.91 Å². The Morgan fingerprint density at radius 3 is 2.86 bits per heavy atom. The summed E-state index contributed by atoms with van der Waals surface area (Å²) in [5.41, 5.74) is 0.0347. The number of alkyl carbamates (subject to hydrolysis) is 1. The molecule has 1 fully saturated rings. The Hall–Kier alpha value is -2.24. The number of amides is 1. The van der Waals surface area contributed by atoms with Crippen LogP contribution < -0.4 is 10.2 Å². The smallest absolute Gasteiger partial charge is 0.407 e. The molecule has 0 spiro atoms. The third-order valence-electron chi connectivity index (χ3n) is 3.31. The fourth-order valence-electron chi connectivity index (χ4n) is 2.25. The van der Waals surface area contributed by atoms with Crippen molar-refractivity contribution in [2.75, 3.05) is 13.6 Å². The van der Waals surface area contributed by atoms with Crippen LogP contribution in [0.15, 0.2) is 40.6 Å². The van der Waals surface area contributed by atoms with Crippen molar-refractivity contribution in [1.29, 1.82) is 0 Å². The number of nitrogens with one attached hydrogen (secondary N) is 1. The van der Waals surface area contributed by atoms with Gasteiger partial charge in [0.15, 0.2) is 6.54 Å². The summed E-state index contributed by atoms with van der Waals surface area (Å²) in [5, 5.41) is 20.0. The molecule has 0 heterocycles. The first kappa shape index (κ1) is 15.2. The van der Waals surface area contributed by atoms with Crippen LogP contribution in [0.5, 0.6) is 0 Å². The topological polar surface area (TPSA) is 97.4 Å². The molecule has 21 heavy (non-hydrogen) atoms. The van der Waals surface area contributed by atoms with Crippen LogP contribution in [-0.4, -0.2) is 36.4 Å². The van der Waals surface area contributed by atoms with E-state index in [9.17, 15) is 9.90 Å². The number of nitrogens with zero attached hydrogens (tertiary/aromatic N) is 3. The van der Waals surface area contributed by atoms with Crippen molar-refractivity contribution in [2.24, 2.45) is 10.2 Å². The van der Waals surface area contributed by atoms with Gasteiger partial charge in [0.1, 0.15) is 23.9 Å². The number of carbonyl (C=O) groups excluding carboxylic acids is 1. The third-order valence-corrected chi connectivity index (χ3v) is 3.31. The van der Waals surface area contributed by atoms with Gasteiger partial charge in [-0.1, -0.05) is 30.3 Å². The minimum atomic E-state index is -0.897. The van der Waals surface area contributed by atoms with E-state index < -0.39 is 11.7 Å². The second-order valence-corrected chi connectivity index (χ2v) is 5.12. The molecular formula is C14H19N4O3+. The number of aliphatic hydroxyl groups is 1. The monoisotopic (exact) mass is 291 g/mol. The highest BCUT2D eigenvalue weighted by Gasteiger charge is 2.44. The van der Waals surface area contributed by atoms with E-state index >= 15 is 0 Å². The molecule has 0 atom stereocenters. The highest BCUT2D eigenvalue weighted by Crippen LogP contribution is 2.32. The van der Waals surface area contributed by atoms with E-state index in [0.29, 0.717) is 12.8 Å². The van der Waals surface area contributed by atoms with Crippen molar-refractivity contribution in [3.8, 4) is 0 Å². The molecular weight excluding hydrogens is 272 g/mol. The predicted octanol–water partition coefficient (Wildman–Crippen LogP) is 1.41. The van der Waals surface area contributed by atoms with Crippen LogP contribution in [0.25, 0.3) is 0 Å². The predicted molar refractivity (Wildman–Crippen MR) is 75.5 cm³/mol. The summed E-state index contributed by atoms with van der Waals surface area (Å²) in [5.74, 6) is 0. The molecule has 1 aliphatic carbocycles. The van der Waals surface area contributed by atoms with E-state index in [-0.39, 0.29) is 19.2 Å². The molecule has 1 saturated carbocycles. The summed E-state index contributed by atoms with van der Waals surface area (Å²) >= 11 is 0. The van der Waals surface area contributed by atoms with Crippen molar-refractivity contribution in [2.45, 2.75) is 31.1 Å². The van der Waals surface area contributed by atoms with Gasteiger partial charge in [0.25, 0.3) is 0 Å². The minimum absolute atomic E-state index is 0.0907. The van der Waals surface area contributed by atoms with Gasteiger partial charge < -0.3 is 15.2 Å². The van der Waals surface area contributed by atoms with Gasteiger partial charge in [-0.15, -0.1) is 0 Å². The Morgan fingerprint density at radius 2 is 2.19 bits per heavy atom. The Morgan fingerprint density at radius 1 is 1.48 bits per heavy atom. The van der Waals surface area contributed by atoms with Crippen molar-refractivity contribution in [3.63, 3.8) is 0 Å². The van der Waals surface area contributed by atoms with Crippen LogP contribution in [0.1, 0.15) is 18.4 Å². The van der Waals surface area contributed by atoms with Gasteiger partial charge >= 0.3 is 6.09 Å². The zero-order chi connectivity index (χ0) is 15.1. The molecule has 0 unspecified atom stereocenters. The maximum Gasteiger partial charge on any atom is 0.407 e. The zero-order valence-corrected chi connectivity index (χ0v) is 11.9. The van der Waals surface area contributed by atoms with E-state index in [2.05, 4.69) is 20.5 Å². The van der Waals surface area contributed by atoms with Gasteiger partial charge in [-0.05, 0) is 18.4 Å². The molecule has 7 heteroatoms. The van der Waals surface area contributed by atoms with Gasteiger partial charge in [-0.2, -0.15) is 0 Å². The Labute approximate surface area is 122 Å². The number of hydrogen-bond donors (Lipinski definition) is 2. The van der Waals surface area contributed by atoms with Gasteiger partial charge in [0.05, 0.1) is 5.60 Å². The molecule has 0 aliphatic heterocycles. The SMILES string of the molecule is CN=[N+]=NCC1(O)CC(NC(=O)OCc2ccccc2)C1. The van der Waals surface area contributed by atoms with E-state index in [0.717, 1.165) is 5.56 Å². The molecule has 1 aliphatic rings. The lowest BCUT2D eigenvalue weighted by atomic mass is 9.76. The lowest BCUT2D eigenvalue weighted by Crippen LogP contribution is -2.56. The van der Waals surface area contributed by atoms with Crippen LogP contribution in [0.2, 0.25) is 0 Å². The average Bonchev–Trinajstić information content (AvgIpc) is 2.45. The molecule has 112 valence electrons. The zero-order valence-electron chi connectivity index (χ0n) is 11.9. The third kappa shape index (κ3) is 4.66. The summed E-state index contributed by atoms with van der Waals surface area (Å²) in [4.78, 5) is 15.1. The van der Waals surface area contributed by atoms with Crippen molar-refractivity contribution < 1.29 is 14.6 Å². The van der Waals surface area contributed by atoms with E-state index in [1.165, 1.54) is 7.05 Å². The number of hydrogen-bond acceptors (Lipinski definition) is 5. The Kier molecular flexibility index (Phi) is 5.03. The summed E-state index contributed by atoms with van der Waals surface area (Å²) in [6.07, 6.45) is 0.405. The lowest BCUT2D eigenvalue weighted by molar-refractivity contribution is -0.0472. The van der Waals surface area contributed by atoms with Crippen molar-refractivity contribution >= 4 is 6.09 Å². The summed E-state index contributed by atoms with van der Waals surface area (Å²) in [7, 11) is 1.52. The lowest BCUT2D eigenvalue weighted by Gasteiger charge is -2.41. The first-order chi connectivity index (χ1) is 10.1. The molecule has 1 amide bonds. The number of carbonyl (C=O) groups is 1. The Balaban J connectivity index is 1.67. The summed E-state index contributed by atoms with van der Waals surface area (Å²) < 4.78 is 5.11. The van der Waals surface area contributed by atoms with Crippen LogP contribution >= 0.6 is 0 Å². The van der Waals surface area contributed by atoms with Crippen molar-refractivity contribution in [3.05, 3.63) is 35.9 Å². The van der Waals surface area contributed by atoms with Crippen LogP contribution in [0.4, 0.5) is 4.79 Å². The first-order valence-electron chi connectivity index (χ1n) is 6.76. The van der Waals surface area contributed by atoms with Gasteiger partial charge in [-0.3, -0.25) is 0 Å². The molecule has 2 N–H and O–H groups in total. The summed E-state index contributed by atoms with van der Waals surface area (Å²) in [6, 6.07) is 9.37. The molecule has 0 radical (unpaired) electrons. The fourth-order valence-corrected chi connectivity index (χ4v) is 2.25. The molecule has 0 bridgehead atoms. The molecule has 1 aromatic carbocycles. The summed E-state index contributed by atoms with van der Waals surface area (Å²) in [6.45, 7) is 0.428. The van der Waals surface area contributed by atoms with Crippen molar-refractivity contribution in [1.82, 2.24) is 10.2 Å². The average molecular weight is 291 g/mol. The molecule has 7 nitrogen and oxygen atoms in total. The van der Waals surface area contributed by atoms with E-state index in [1.54, 1.807) is 0 Å². The number of rotatable bonds is 5.